The van der Waals surface area contributed by atoms with Gasteiger partial charge in [0.2, 0.25) is 15.9 Å². The van der Waals surface area contributed by atoms with Crippen LogP contribution in [0.3, 0.4) is 0 Å². The van der Waals surface area contributed by atoms with Gasteiger partial charge in [-0.2, -0.15) is 4.72 Å². The normalized spacial score (nSPS) is 12.1. The molecule has 8 heteroatoms. The Balaban J connectivity index is 2.01. The van der Waals surface area contributed by atoms with Crippen LogP contribution in [0.25, 0.3) is 0 Å². The lowest BCUT2D eigenvalue weighted by Gasteiger charge is -2.21. The van der Waals surface area contributed by atoms with Crippen LogP contribution in [-0.4, -0.2) is 28.5 Å². The average Bonchev–Trinajstić information content (AvgIpc) is 2.78. The molecular weight excluding hydrogens is 416 g/mol. The number of amides is 1. The summed E-state index contributed by atoms with van der Waals surface area (Å²) in [5, 5.41) is 2.60. The van der Waals surface area contributed by atoms with Gasteiger partial charge < -0.3 is 14.8 Å². The van der Waals surface area contributed by atoms with Gasteiger partial charge >= 0.3 is 0 Å². The van der Waals surface area contributed by atoms with Crippen LogP contribution >= 0.6 is 0 Å². The van der Waals surface area contributed by atoms with Crippen molar-refractivity contribution in [1.82, 2.24) is 4.72 Å². The van der Waals surface area contributed by atoms with Crippen molar-refractivity contribution in [3.8, 4) is 11.5 Å². The van der Waals surface area contributed by atoms with E-state index in [9.17, 15) is 13.2 Å². The number of carbonyl (C=O) groups is 1. The maximum absolute atomic E-state index is 13.3. The molecule has 3 aromatic rings. The highest BCUT2D eigenvalue weighted by atomic mass is 32.2. The van der Waals surface area contributed by atoms with Crippen LogP contribution in [0.4, 0.5) is 5.69 Å². The van der Waals surface area contributed by atoms with E-state index in [0.29, 0.717) is 11.5 Å². The first-order valence-corrected chi connectivity index (χ1v) is 11.0. The zero-order valence-electron chi connectivity index (χ0n) is 17.5. The third-order valence-electron chi connectivity index (χ3n) is 4.65. The summed E-state index contributed by atoms with van der Waals surface area (Å²) in [5.41, 5.74) is 1.82. The molecular formula is C23H24N2O5S. The van der Waals surface area contributed by atoms with Gasteiger partial charge in [0, 0.05) is 6.92 Å². The first-order chi connectivity index (χ1) is 14.8. The number of rotatable bonds is 8. The first-order valence-electron chi connectivity index (χ1n) is 9.51. The van der Waals surface area contributed by atoms with E-state index in [1.165, 1.54) is 32.2 Å². The van der Waals surface area contributed by atoms with Crippen molar-refractivity contribution in [2.75, 3.05) is 19.5 Å². The average molecular weight is 441 g/mol. The molecule has 0 aliphatic rings. The van der Waals surface area contributed by atoms with E-state index >= 15 is 0 Å². The number of carbonyl (C=O) groups excluding carboxylic acids is 1. The van der Waals surface area contributed by atoms with Gasteiger partial charge in [0.25, 0.3) is 0 Å². The van der Waals surface area contributed by atoms with E-state index in [4.69, 9.17) is 9.47 Å². The molecule has 7 nitrogen and oxygen atoms in total. The molecule has 0 aliphatic carbocycles. The third kappa shape index (κ3) is 5.42. The standard InChI is InChI=1S/C23H24N2O5S/c1-16(26)24-21-15-20(13-14-22(21)30-3)31(27,28)25-23(17-7-5-4-6-8-17)18-9-11-19(29-2)12-10-18/h4-15,23,25H,1-3H3,(H,24,26)/t23-/m1/s1. The van der Waals surface area contributed by atoms with Gasteiger partial charge in [0.05, 0.1) is 30.8 Å². The predicted octanol–water partition coefficient (Wildman–Crippen LogP) is 3.73. The smallest absolute Gasteiger partial charge is 0.241 e. The van der Waals surface area contributed by atoms with Crippen LogP contribution in [0.5, 0.6) is 11.5 Å². The minimum absolute atomic E-state index is 0.00601. The molecule has 1 atom stereocenters. The third-order valence-corrected chi connectivity index (χ3v) is 6.07. The molecule has 162 valence electrons. The van der Waals surface area contributed by atoms with E-state index < -0.39 is 16.1 Å². The Morgan fingerprint density at radius 1 is 0.871 bits per heavy atom. The maximum Gasteiger partial charge on any atom is 0.241 e. The van der Waals surface area contributed by atoms with Crippen LogP contribution in [0.1, 0.15) is 24.1 Å². The summed E-state index contributed by atoms with van der Waals surface area (Å²) in [5.74, 6) is 0.707. The Bertz CT molecular complexity index is 1150. The fourth-order valence-corrected chi connectivity index (χ4v) is 4.37. The minimum atomic E-state index is -3.94. The number of ether oxygens (including phenoxy) is 2. The lowest BCUT2D eigenvalue weighted by molar-refractivity contribution is -0.114. The van der Waals surface area contributed by atoms with Crippen molar-refractivity contribution in [2.45, 2.75) is 17.9 Å². The van der Waals surface area contributed by atoms with Crippen molar-refractivity contribution in [2.24, 2.45) is 0 Å². The van der Waals surface area contributed by atoms with E-state index in [2.05, 4.69) is 10.0 Å². The Hall–Kier alpha value is -3.36. The number of anilines is 1. The van der Waals surface area contributed by atoms with Gasteiger partial charge in [-0.3, -0.25) is 4.79 Å². The van der Waals surface area contributed by atoms with Gasteiger partial charge in [-0.05, 0) is 41.5 Å². The summed E-state index contributed by atoms with van der Waals surface area (Å²) in [6.45, 7) is 1.34. The number of methoxy groups -OCH3 is 2. The Morgan fingerprint density at radius 2 is 1.52 bits per heavy atom. The summed E-state index contributed by atoms with van der Waals surface area (Å²) in [4.78, 5) is 11.5. The quantitative estimate of drug-likeness (QED) is 0.557. The van der Waals surface area contributed by atoms with Gasteiger partial charge in [0.1, 0.15) is 11.5 Å². The number of sulfonamides is 1. The van der Waals surface area contributed by atoms with Crippen molar-refractivity contribution in [1.29, 1.82) is 0 Å². The van der Waals surface area contributed by atoms with Crippen LogP contribution in [-0.2, 0) is 14.8 Å². The highest BCUT2D eigenvalue weighted by molar-refractivity contribution is 7.89. The Morgan fingerprint density at radius 3 is 2.10 bits per heavy atom. The van der Waals surface area contributed by atoms with Gasteiger partial charge in [0.15, 0.2) is 0 Å². The zero-order chi connectivity index (χ0) is 22.4. The first kappa shape index (κ1) is 22.3. The van der Waals surface area contributed by atoms with Crippen LogP contribution < -0.4 is 19.5 Å². The van der Waals surface area contributed by atoms with Crippen LogP contribution in [0, 0.1) is 0 Å². The molecule has 0 saturated heterocycles. The van der Waals surface area contributed by atoms with E-state index in [0.717, 1.165) is 11.1 Å². The second-order valence-corrected chi connectivity index (χ2v) is 8.50. The fraction of sp³-hybridized carbons (Fsp3) is 0.174. The van der Waals surface area contributed by atoms with Crippen molar-refractivity contribution >= 4 is 21.6 Å². The maximum atomic E-state index is 13.3. The number of hydrogen-bond acceptors (Lipinski definition) is 5. The lowest BCUT2D eigenvalue weighted by atomic mass is 10.00. The molecule has 1 amide bonds. The van der Waals surface area contributed by atoms with Gasteiger partial charge in [-0.25, -0.2) is 8.42 Å². The SMILES string of the molecule is COc1ccc([C@H](NS(=O)(=O)c2ccc(OC)c(NC(C)=O)c2)c2ccccc2)cc1. The van der Waals surface area contributed by atoms with Crippen molar-refractivity contribution in [3.63, 3.8) is 0 Å². The highest BCUT2D eigenvalue weighted by Gasteiger charge is 2.24. The monoisotopic (exact) mass is 440 g/mol. The van der Waals surface area contributed by atoms with E-state index in [1.54, 1.807) is 19.2 Å². The topological polar surface area (TPSA) is 93.7 Å². The molecule has 3 aromatic carbocycles. The largest absolute Gasteiger partial charge is 0.497 e. The highest BCUT2D eigenvalue weighted by Crippen LogP contribution is 2.30. The van der Waals surface area contributed by atoms with E-state index in [1.807, 2.05) is 42.5 Å². The number of hydrogen-bond donors (Lipinski definition) is 2. The molecule has 0 unspecified atom stereocenters. The Kier molecular flexibility index (Phi) is 6.94. The summed E-state index contributed by atoms with van der Waals surface area (Å²) in [6, 6.07) is 20.2. The molecule has 0 fully saturated rings. The summed E-state index contributed by atoms with van der Waals surface area (Å²) in [6.07, 6.45) is 0. The van der Waals surface area contributed by atoms with Crippen LogP contribution in [0.15, 0.2) is 77.7 Å². The number of benzene rings is 3. The van der Waals surface area contributed by atoms with Gasteiger partial charge in [-0.15, -0.1) is 0 Å². The second-order valence-electron chi connectivity index (χ2n) is 6.78. The minimum Gasteiger partial charge on any atom is -0.497 e. The molecule has 2 N–H and O–H groups in total. The predicted molar refractivity (Wildman–Crippen MR) is 119 cm³/mol. The summed E-state index contributed by atoms with van der Waals surface area (Å²) >= 11 is 0. The molecule has 0 saturated carbocycles. The molecule has 31 heavy (non-hydrogen) atoms. The molecule has 0 spiro atoms. The van der Waals surface area contributed by atoms with Gasteiger partial charge in [-0.1, -0.05) is 42.5 Å². The molecule has 0 heterocycles. The summed E-state index contributed by atoms with van der Waals surface area (Å²) < 4.78 is 39.7. The fourth-order valence-electron chi connectivity index (χ4n) is 3.14. The van der Waals surface area contributed by atoms with Crippen LogP contribution in [0.2, 0.25) is 0 Å². The number of nitrogens with one attached hydrogen (secondary N) is 2. The molecule has 0 bridgehead atoms. The van der Waals surface area contributed by atoms with E-state index in [-0.39, 0.29) is 16.5 Å². The summed E-state index contributed by atoms with van der Waals surface area (Å²) in [7, 11) is -0.924. The Labute approximate surface area is 182 Å². The second kappa shape index (κ2) is 9.63. The molecule has 0 aliphatic heterocycles. The molecule has 3 rings (SSSR count). The molecule has 0 radical (unpaired) electrons. The van der Waals surface area contributed by atoms with Crippen molar-refractivity contribution < 1.29 is 22.7 Å². The van der Waals surface area contributed by atoms with Crippen molar-refractivity contribution in [3.05, 3.63) is 83.9 Å². The molecule has 0 aromatic heterocycles. The zero-order valence-corrected chi connectivity index (χ0v) is 18.3. The lowest BCUT2D eigenvalue weighted by Crippen LogP contribution is -2.29.